The van der Waals surface area contributed by atoms with Gasteiger partial charge in [0.05, 0.1) is 5.69 Å². The predicted molar refractivity (Wildman–Crippen MR) is 88.1 cm³/mol. The van der Waals surface area contributed by atoms with E-state index in [4.69, 9.17) is 10.9 Å². The van der Waals surface area contributed by atoms with Crippen molar-refractivity contribution in [3.05, 3.63) is 39.6 Å². The SMILES string of the molecule is Cc1cc(C(C)Nc2ccc(S(N)(=O)=O)c(N)c2)c(C)s1. The summed E-state index contributed by atoms with van der Waals surface area (Å²) in [4.78, 5) is 2.48. The Bertz CT molecular complexity index is 767. The van der Waals surface area contributed by atoms with Gasteiger partial charge in [-0.05, 0) is 50.6 Å². The highest BCUT2D eigenvalue weighted by Crippen LogP contribution is 2.30. The van der Waals surface area contributed by atoms with Crippen LogP contribution in [0.15, 0.2) is 29.2 Å². The number of sulfonamides is 1. The molecule has 5 nitrogen and oxygen atoms in total. The number of benzene rings is 1. The average Bonchev–Trinajstić information content (AvgIpc) is 2.67. The van der Waals surface area contributed by atoms with Gasteiger partial charge >= 0.3 is 0 Å². The van der Waals surface area contributed by atoms with E-state index in [1.54, 1.807) is 23.5 Å². The molecule has 1 aromatic carbocycles. The number of aryl methyl sites for hydroxylation is 2. The van der Waals surface area contributed by atoms with Crippen molar-refractivity contribution in [3.63, 3.8) is 0 Å². The van der Waals surface area contributed by atoms with Gasteiger partial charge in [0, 0.05) is 21.5 Å². The summed E-state index contributed by atoms with van der Waals surface area (Å²) < 4.78 is 22.7. The van der Waals surface area contributed by atoms with Crippen molar-refractivity contribution >= 4 is 32.7 Å². The summed E-state index contributed by atoms with van der Waals surface area (Å²) in [5.41, 5.74) is 7.89. The second kappa shape index (κ2) is 5.67. The first-order valence-electron chi connectivity index (χ1n) is 6.44. The minimum Gasteiger partial charge on any atom is -0.398 e. The Labute approximate surface area is 129 Å². The summed E-state index contributed by atoms with van der Waals surface area (Å²) in [7, 11) is -3.79. The smallest absolute Gasteiger partial charge is 0.240 e. The number of rotatable bonds is 4. The summed E-state index contributed by atoms with van der Waals surface area (Å²) in [6, 6.07) is 6.94. The second-order valence-electron chi connectivity index (χ2n) is 5.03. The summed E-state index contributed by atoms with van der Waals surface area (Å²) in [6.07, 6.45) is 0. The fourth-order valence-corrected chi connectivity index (χ4v) is 3.97. The second-order valence-corrected chi connectivity index (χ2v) is 8.02. The molecule has 1 aromatic heterocycles. The molecular weight excluding hydrogens is 306 g/mol. The van der Waals surface area contributed by atoms with Crippen molar-refractivity contribution in [1.82, 2.24) is 0 Å². The first-order chi connectivity index (χ1) is 9.68. The first-order valence-corrected chi connectivity index (χ1v) is 8.80. The quantitative estimate of drug-likeness (QED) is 0.753. The molecule has 1 unspecified atom stereocenters. The Morgan fingerprint density at radius 1 is 1.24 bits per heavy atom. The Hall–Kier alpha value is -1.57. The molecular formula is C14H19N3O2S2. The van der Waals surface area contributed by atoms with Gasteiger partial charge in [-0.2, -0.15) is 0 Å². The van der Waals surface area contributed by atoms with Crippen LogP contribution in [0.1, 0.15) is 28.3 Å². The van der Waals surface area contributed by atoms with E-state index in [-0.39, 0.29) is 16.6 Å². The van der Waals surface area contributed by atoms with E-state index in [0.29, 0.717) is 0 Å². The molecule has 0 radical (unpaired) electrons. The number of thiophene rings is 1. The molecule has 2 rings (SSSR count). The maximum absolute atomic E-state index is 11.3. The molecule has 0 bridgehead atoms. The molecule has 0 aliphatic heterocycles. The van der Waals surface area contributed by atoms with E-state index in [2.05, 4.69) is 32.2 Å². The van der Waals surface area contributed by atoms with Gasteiger partial charge in [-0.25, -0.2) is 13.6 Å². The zero-order valence-corrected chi connectivity index (χ0v) is 13.8. The van der Waals surface area contributed by atoms with Crippen LogP contribution in [-0.4, -0.2) is 8.42 Å². The molecule has 114 valence electrons. The van der Waals surface area contributed by atoms with Crippen LogP contribution in [-0.2, 0) is 10.0 Å². The standard InChI is InChI=1S/C14H19N3O2S2/c1-8-6-12(10(3)20-8)9(2)17-11-4-5-14(13(15)7-11)21(16,18)19/h4-7,9,17H,15H2,1-3H3,(H2,16,18,19). The van der Waals surface area contributed by atoms with Crippen molar-refractivity contribution in [2.24, 2.45) is 5.14 Å². The van der Waals surface area contributed by atoms with Crippen molar-refractivity contribution < 1.29 is 8.42 Å². The third-order valence-electron chi connectivity index (χ3n) is 3.25. The lowest BCUT2D eigenvalue weighted by atomic mass is 10.1. The van der Waals surface area contributed by atoms with E-state index in [1.165, 1.54) is 21.4 Å². The maximum atomic E-state index is 11.3. The van der Waals surface area contributed by atoms with Gasteiger partial charge in [-0.3, -0.25) is 0 Å². The van der Waals surface area contributed by atoms with E-state index in [1.807, 2.05) is 0 Å². The monoisotopic (exact) mass is 325 g/mol. The van der Waals surface area contributed by atoms with Crippen LogP contribution in [0, 0.1) is 13.8 Å². The molecule has 7 heteroatoms. The highest BCUT2D eigenvalue weighted by Gasteiger charge is 2.14. The lowest BCUT2D eigenvalue weighted by Crippen LogP contribution is -2.15. The Balaban J connectivity index is 2.25. The van der Waals surface area contributed by atoms with Gasteiger partial charge in [0.2, 0.25) is 10.0 Å². The number of nitrogens with two attached hydrogens (primary N) is 2. The van der Waals surface area contributed by atoms with Gasteiger partial charge in [-0.1, -0.05) is 0 Å². The molecule has 0 saturated carbocycles. The number of nitrogen functional groups attached to an aromatic ring is 1. The number of nitrogens with one attached hydrogen (secondary N) is 1. The molecule has 0 amide bonds. The third-order valence-corrected chi connectivity index (χ3v) is 5.21. The summed E-state index contributed by atoms with van der Waals surface area (Å²) >= 11 is 1.76. The van der Waals surface area contributed by atoms with Crippen molar-refractivity contribution in [3.8, 4) is 0 Å². The molecule has 0 aliphatic carbocycles. The molecule has 0 saturated heterocycles. The highest BCUT2D eigenvalue weighted by molar-refractivity contribution is 7.89. The van der Waals surface area contributed by atoms with E-state index in [0.717, 1.165) is 5.69 Å². The van der Waals surface area contributed by atoms with Crippen LogP contribution in [0.5, 0.6) is 0 Å². The van der Waals surface area contributed by atoms with Crippen LogP contribution < -0.4 is 16.2 Å². The molecule has 2 aromatic rings. The normalized spacial score (nSPS) is 13.1. The molecule has 21 heavy (non-hydrogen) atoms. The first kappa shape index (κ1) is 15.8. The average molecular weight is 325 g/mol. The van der Waals surface area contributed by atoms with Gasteiger partial charge in [0.15, 0.2) is 0 Å². The molecule has 0 fully saturated rings. The molecule has 0 spiro atoms. The van der Waals surface area contributed by atoms with Gasteiger partial charge in [0.1, 0.15) is 4.90 Å². The van der Waals surface area contributed by atoms with Gasteiger partial charge in [-0.15, -0.1) is 11.3 Å². The van der Waals surface area contributed by atoms with Crippen molar-refractivity contribution in [2.75, 3.05) is 11.1 Å². The van der Waals surface area contributed by atoms with Crippen molar-refractivity contribution in [2.45, 2.75) is 31.7 Å². The number of primary sulfonamides is 1. The summed E-state index contributed by atoms with van der Waals surface area (Å²) in [5, 5.41) is 8.42. The van der Waals surface area contributed by atoms with E-state index >= 15 is 0 Å². The van der Waals surface area contributed by atoms with Crippen LogP contribution in [0.2, 0.25) is 0 Å². The van der Waals surface area contributed by atoms with Gasteiger partial charge in [0.25, 0.3) is 0 Å². The lowest BCUT2D eigenvalue weighted by Gasteiger charge is -2.16. The molecule has 1 heterocycles. The molecule has 5 N–H and O–H groups in total. The largest absolute Gasteiger partial charge is 0.398 e. The zero-order valence-electron chi connectivity index (χ0n) is 12.2. The third kappa shape index (κ3) is 3.55. The van der Waals surface area contributed by atoms with Gasteiger partial charge < -0.3 is 11.1 Å². The zero-order chi connectivity index (χ0) is 15.8. The van der Waals surface area contributed by atoms with Crippen LogP contribution >= 0.6 is 11.3 Å². The summed E-state index contributed by atoms with van der Waals surface area (Å²) in [6.45, 7) is 6.22. The summed E-state index contributed by atoms with van der Waals surface area (Å²) in [5.74, 6) is 0. The van der Waals surface area contributed by atoms with Crippen LogP contribution in [0.3, 0.4) is 0 Å². The van der Waals surface area contributed by atoms with E-state index < -0.39 is 10.0 Å². The number of anilines is 2. The minimum atomic E-state index is -3.79. The lowest BCUT2D eigenvalue weighted by molar-refractivity contribution is 0.598. The predicted octanol–water partition coefficient (Wildman–Crippen LogP) is 2.77. The molecule has 0 aliphatic rings. The van der Waals surface area contributed by atoms with E-state index in [9.17, 15) is 8.42 Å². The Morgan fingerprint density at radius 3 is 2.38 bits per heavy atom. The topological polar surface area (TPSA) is 98.2 Å². The van der Waals surface area contributed by atoms with Crippen LogP contribution in [0.4, 0.5) is 11.4 Å². The highest BCUT2D eigenvalue weighted by atomic mass is 32.2. The van der Waals surface area contributed by atoms with Crippen LogP contribution in [0.25, 0.3) is 0 Å². The maximum Gasteiger partial charge on any atom is 0.240 e. The fourth-order valence-electron chi connectivity index (χ4n) is 2.31. The Morgan fingerprint density at radius 2 is 1.90 bits per heavy atom. The number of hydrogen-bond acceptors (Lipinski definition) is 5. The minimum absolute atomic E-state index is 0.0525. The fraction of sp³-hybridized carbons (Fsp3) is 0.286. The number of hydrogen-bond donors (Lipinski definition) is 3. The molecule has 1 atom stereocenters. The van der Waals surface area contributed by atoms with Crippen molar-refractivity contribution in [1.29, 1.82) is 0 Å². The Kier molecular flexibility index (Phi) is 4.27.